The van der Waals surface area contributed by atoms with E-state index in [-0.39, 0.29) is 0 Å². The first kappa shape index (κ1) is 13.7. The Hall–Kier alpha value is -1.26. The van der Waals surface area contributed by atoms with E-state index in [2.05, 4.69) is 18.3 Å². The molecule has 3 rings (SSSR count). The highest BCUT2D eigenvalue weighted by Gasteiger charge is 2.27. The van der Waals surface area contributed by atoms with Crippen LogP contribution in [0.15, 0.2) is 18.2 Å². The standard InChI is InChI=1S/C16H23NO3/c1-11-12(5-7-19-11)10-17-15-6-8-20-16-4-3-13(18-2)9-14(15)16/h3-4,9,11-12,15,17H,5-8,10H2,1-2H3. The molecule has 3 unspecified atom stereocenters. The van der Waals surface area contributed by atoms with Crippen molar-refractivity contribution in [3.8, 4) is 11.5 Å². The van der Waals surface area contributed by atoms with Gasteiger partial charge in [-0.2, -0.15) is 0 Å². The van der Waals surface area contributed by atoms with E-state index < -0.39 is 0 Å². The van der Waals surface area contributed by atoms with Gasteiger partial charge in [0, 0.05) is 31.2 Å². The molecular formula is C16H23NO3. The molecule has 0 radical (unpaired) electrons. The zero-order chi connectivity index (χ0) is 13.9. The largest absolute Gasteiger partial charge is 0.497 e. The Bertz CT molecular complexity index is 463. The lowest BCUT2D eigenvalue weighted by Gasteiger charge is -2.28. The van der Waals surface area contributed by atoms with Gasteiger partial charge in [0.1, 0.15) is 11.5 Å². The first-order chi connectivity index (χ1) is 9.78. The summed E-state index contributed by atoms with van der Waals surface area (Å²) in [5.74, 6) is 2.48. The lowest BCUT2D eigenvalue weighted by molar-refractivity contribution is 0.104. The first-order valence-corrected chi connectivity index (χ1v) is 7.43. The fraction of sp³-hybridized carbons (Fsp3) is 0.625. The second-order valence-corrected chi connectivity index (χ2v) is 5.63. The van der Waals surface area contributed by atoms with Crippen molar-refractivity contribution < 1.29 is 14.2 Å². The monoisotopic (exact) mass is 277 g/mol. The Kier molecular flexibility index (Phi) is 4.13. The van der Waals surface area contributed by atoms with Gasteiger partial charge in [-0.1, -0.05) is 0 Å². The van der Waals surface area contributed by atoms with Crippen LogP contribution in [0.4, 0.5) is 0 Å². The molecule has 2 heterocycles. The van der Waals surface area contributed by atoms with Gasteiger partial charge in [0.05, 0.1) is 19.8 Å². The molecule has 2 aliphatic heterocycles. The molecule has 0 bridgehead atoms. The summed E-state index contributed by atoms with van der Waals surface area (Å²) in [4.78, 5) is 0. The molecule has 3 atom stereocenters. The molecule has 1 saturated heterocycles. The van der Waals surface area contributed by atoms with Gasteiger partial charge in [0.2, 0.25) is 0 Å². The third-order valence-electron chi connectivity index (χ3n) is 4.42. The van der Waals surface area contributed by atoms with Crippen LogP contribution >= 0.6 is 0 Å². The van der Waals surface area contributed by atoms with E-state index in [0.717, 1.165) is 44.1 Å². The van der Waals surface area contributed by atoms with Crippen molar-refractivity contribution in [1.29, 1.82) is 0 Å². The van der Waals surface area contributed by atoms with E-state index >= 15 is 0 Å². The molecular weight excluding hydrogens is 254 g/mol. The molecule has 0 saturated carbocycles. The third-order valence-corrected chi connectivity index (χ3v) is 4.42. The van der Waals surface area contributed by atoms with Crippen LogP contribution in [0.5, 0.6) is 11.5 Å². The van der Waals surface area contributed by atoms with Crippen LogP contribution in [0.2, 0.25) is 0 Å². The summed E-state index contributed by atoms with van der Waals surface area (Å²) < 4.78 is 16.7. The molecule has 2 aliphatic rings. The topological polar surface area (TPSA) is 39.7 Å². The van der Waals surface area contributed by atoms with Crippen molar-refractivity contribution in [3.05, 3.63) is 23.8 Å². The number of benzene rings is 1. The van der Waals surface area contributed by atoms with Gasteiger partial charge in [-0.3, -0.25) is 0 Å². The Morgan fingerprint density at radius 3 is 2.95 bits per heavy atom. The second-order valence-electron chi connectivity index (χ2n) is 5.63. The SMILES string of the molecule is COc1ccc2c(c1)C(NCC1CCOC1C)CCO2. The Labute approximate surface area is 120 Å². The third kappa shape index (κ3) is 2.76. The fourth-order valence-electron chi connectivity index (χ4n) is 3.05. The maximum atomic E-state index is 5.73. The van der Waals surface area contributed by atoms with Gasteiger partial charge in [-0.05, 0) is 37.5 Å². The number of methoxy groups -OCH3 is 1. The van der Waals surface area contributed by atoms with Crippen molar-refractivity contribution in [2.45, 2.75) is 31.9 Å². The van der Waals surface area contributed by atoms with Crippen molar-refractivity contribution >= 4 is 0 Å². The van der Waals surface area contributed by atoms with Gasteiger partial charge in [0.15, 0.2) is 0 Å². The highest BCUT2D eigenvalue weighted by molar-refractivity contribution is 5.43. The summed E-state index contributed by atoms with van der Waals surface area (Å²) >= 11 is 0. The molecule has 20 heavy (non-hydrogen) atoms. The molecule has 1 aromatic rings. The van der Waals surface area contributed by atoms with Gasteiger partial charge in [-0.25, -0.2) is 0 Å². The number of nitrogens with one attached hydrogen (secondary N) is 1. The smallest absolute Gasteiger partial charge is 0.124 e. The van der Waals surface area contributed by atoms with Crippen molar-refractivity contribution in [3.63, 3.8) is 0 Å². The van der Waals surface area contributed by atoms with Crippen LogP contribution in [0, 0.1) is 5.92 Å². The average molecular weight is 277 g/mol. The minimum atomic E-state index is 0.349. The van der Waals surface area contributed by atoms with E-state index in [1.165, 1.54) is 5.56 Å². The average Bonchev–Trinajstić information content (AvgIpc) is 2.89. The van der Waals surface area contributed by atoms with Crippen LogP contribution in [-0.4, -0.2) is 33.0 Å². The molecule has 1 N–H and O–H groups in total. The molecule has 0 spiro atoms. The number of hydrogen-bond acceptors (Lipinski definition) is 4. The lowest BCUT2D eigenvalue weighted by atomic mass is 9.97. The van der Waals surface area contributed by atoms with Crippen LogP contribution < -0.4 is 14.8 Å². The molecule has 4 heteroatoms. The molecule has 0 aromatic heterocycles. The number of ether oxygens (including phenoxy) is 3. The number of fused-ring (bicyclic) bond motifs is 1. The van der Waals surface area contributed by atoms with Crippen molar-refractivity contribution in [2.24, 2.45) is 5.92 Å². The summed E-state index contributed by atoms with van der Waals surface area (Å²) in [6.07, 6.45) is 2.52. The minimum absolute atomic E-state index is 0.349. The van der Waals surface area contributed by atoms with E-state index in [0.29, 0.717) is 18.1 Å². The fourth-order valence-corrected chi connectivity index (χ4v) is 3.05. The normalized spacial score (nSPS) is 28.8. The van der Waals surface area contributed by atoms with Crippen molar-refractivity contribution in [1.82, 2.24) is 5.32 Å². The Balaban J connectivity index is 1.69. The van der Waals surface area contributed by atoms with Gasteiger partial charge in [0.25, 0.3) is 0 Å². The molecule has 4 nitrogen and oxygen atoms in total. The summed E-state index contributed by atoms with van der Waals surface area (Å²) in [6.45, 7) is 4.84. The highest BCUT2D eigenvalue weighted by atomic mass is 16.5. The zero-order valence-electron chi connectivity index (χ0n) is 12.2. The summed E-state index contributed by atoms with van der Waals surface area (Å²) in [7, 11) is 1.70. The highest BCUT2D eigenvalue weighted by Crippen LogP contribution is 2.35. The summed E-state index contributed by atoms with van der Waals surface area (Å²) in [6, 6.07) is 6.39. The predicted molar refractivity (Wildman–Crippen MR) is 77.4 cm³/mol. The van der Waals surface area contributed by atoms with Crippen LogP contribution in [-0.2, 0) is 4.74 Å². The molecule has 0 amide bonds. The number of hydrogen-bond donors (Lipinski definition) is 1. The van der Waals surface area contributed by atoms with Gasteiger partial charge >= 0.3 is 0 Å². The van der Waals surface area contributed by atoms with E-state index in [1.54, 1.807) is 7.11 Å². The first-order valence-electron chi connectivity index (χ1n) is 7.43. The predicted octanol–water partition coefficient (Wildman–Crippen LogP) is 2.53. The quantitative estimate of drug-likeness (QED) is 0.918. The van der Waals surface area contributed by atoms with Crippen LogP contribution in [0.1, 0.15) is 31.4 Å². The van der Waals surface area contributed by atoms with E-state index in [9.17, 15) is 0 Å². The van der Waals surface area contributed by atoms with Crippen LogP contribution in [0.25, 0.3) is 0 Å². The Morgan fingerprint density at radius 1 is 1.30 bits per heavy atom. The maximum Gasteiger partial charge on any atom is 0.124 e. The van der Waals surface area contributed by atoms with Gasteiger partial charge in [-0.15, -0.1) is 0 Å². The summed E-state index contributed by atoms with van der Waals surface area (Å²) in [5.41, 5.74) is 1.21. The molecule has 1 fully saturated rings. The molecule has 1 aromatic carbocycles. The van der Waals surface area contributed by atoms with Gasteiger partial charge < -0.3 is 19.5 Å². The minimum Gasteiger partial charge on any atom is -0.497 e. The zero-order valence-corrected chi connectivity index (χ0v) is 12.2. The molecule has 110 valence electrons. The van der Waals surface area contributed by atoms with Crippen LogP contribution in [0.3, 0.4) is 0 Å². The molecule has 0 aliphatic carbocycles. The summed E-state index contributed by atoms with van der Waals surface area (Å²) in [5, 5.41) is 3.69. The second kappa shape index (κ2) is 6.02. The van der Waals surface area contributed by atoms with Crippen molar-refractivity contribution in [2.75, 3.05) is 26.9 Å². The number of rotatable bonds is 4. The van der Waals surface area contributed by atoms with E-state index in [4.69, 9.17) is 14.2 Å². The maximum absolute atomic E-state index is 5.73. The Morgan fingerprint density at radius 2 is 2.20 bits per heavy atom. The van der Waals surface area contributed by atoms with E-state index in [1.807, 2.05) is 12.1 Å². The lowest BCUT2D eigenvalue weighted by Crippen LogP contribution is -2.33.